The molecule has 3 unspecified atom stereocenters. The first kappa shape index (κ1) is 24.8. The number of likely N-dealkylation sites (N-methyl/N-ethyl adjacent to an activating group) is 1. The van der Waals surface area contributed by atoms with Gasteiger partial charge in [0.1, 0.15) is 12.6 Å². The van der Waals surface area contributed by atoms with Crippen LogP contribution < -0.4 is 5.32 Å². The molecule has 7 nitrogen and oxygen atoms in total. The molecule has 2 amide bonds. The number of ether oxygens (including phenoxy) is 1. The molecule has 0 heterocycles. The Morgan fingerprint density at radius 1 is 1.06 bits per heavy atom. The average Bonchev–Trinajstić information content (AvgIpc) is 3.53. The molecule has 4 rings (SSSR count). The quantitative estimate of drug-likeness (QED) is 0.582. The number of hydrogen-bond donors (Lipinski definition) is 2. The number of alkyl carbamates (subject to hydrolysis) is 1. The van der Waals surface area contributed by atoms with Crippen LogP contribution in [0.1, 0.15) is 50.7 Å². The standard InChI is InChI=1S/C28H34N2O5/c1-28(2,3)14-24(26(32)33)30(4)25(31)22-13-17(22)15-29-27(34)35-16-23-20-11-7-5-9-18(20)19-10-6-8-12-21(19)23/h5-12,17,22-24H,13-16H2,1-4H3,(H,29,34)(H,32,33). The first-order chi connectivity index (χ1) is 16.6. The maximum absolute atomic E-state index is 12.8. The summed E-state index contributed by atoms with van der Waals surface area (Å²) >= 11 is 0. The second-order valence-electron chi connectivity index (χ2n) is 10.9. The van der Waals surface area contributed by atoms with Gasteiger partial charge in [0.15, 0.2) is 0 Å². The largest absolute Gasteiger partial charge is 0.480 e. The minimum Gasteiger partial charge on any atom is -0.480 e. The summed E-state index contributed by atoms with van der Waals surface area (Å²) in [5, 5.41) is 12.4. The van der Waals surface area contributed by atoms with E-state index in [-0.39, 0.29) is 35.7 Å². The Kier molecular flexibility index (Phi) is 6.88. The lowest BCUT2D eigenvalue weighted by Gasteiger charge is -2.30. The number of carboxylic acids is 1. The van der Waals surface area contributed by atoms with Crippen LogP contribution in [0, 0.1) is 17.3 Å². The third-order valence-corrected chi connectivity index (χ3v) is 7.00. The van der Waals surface area contributed by atoms with Crippen molar-refractivity contribution >= 4 is 18.0 Å². The Morgan fingerprint density at radius 2 is 1.63 bits per heavy atom. The maximum atomic E-state index is 12.8. The number of carbonyl (C=O) groups is 3. The summed E-state index contributed by atoms with van der Waals surface area (Å²) in [6, 6.07) is 15.5. The molecule has 186 valence electrons. The lowest BCUT2D eigenvalue weighted by atomic mass is 9.87. The highest BCUT2D eigenvalue weighted by Gasteiger charge is 2.46. The van der Waals surface area contributed by atoms with E-state index in [1.165, 1.54) is 16.0 Å². The number of nitrogens with zero attached hydrogens (tertiary/aromatic N) is 1. The van der Waals surface area contributed by atoms with Crippen molar-refractivity contribution in [2.75, 3.05) is 20.2 Å². The zero-order chi connectivity index (χ0) is 25.3. The minimum absolute atomic E-state index is 0.00508. The summed E-state index contributed by atoms with van der Waals surface area (Å²) in [7, 11) is 1.56. The molecule has 0 aromatic heterocycles. The second-order valence-corrected chi connectivity index (χ2v) is 10.9. The third kappa shape index (κ3) is 5.50. The van der Waals surface area contributed by atoms with Crippen molar-refractivity contribution in [2.45, 2.75) is 45.6 Å². The van der Waals surface area contributed by atoms with E-state index < -0.39 is 18.1 Å². The lowest BCUT2D eigenvalue weighted by molar-refractivity contribution is -0.150. The van der Waals surface area contributed by atoms with Crippen LogP contribution >= 0.6 is 0 Å². The Labute approximate surface area is 206 Å². The summed E-state index contributed by atoms with van der Waals surface area (Å²) in [4.78, 5) is 38.3. The highest BCUT2D eigenvalue weighted by Crippen LogP contribution is 2.44. The number of rotatable bonds is 8. The lowest BCUT2D eigenvalue weighted by Crippen LogP contribution is -2.45. The topological polar surface area (TPSA) is 95.9 Å². The van der Waals surface area contributed by atoms with E-state index in [2.05, 4.69) is 29.6 Å². The van der Waals surface area contributed by atoms with E-state index in [9.17, 15) is 19.5 Å². The van der Waals surface area contributed by atoms with Gasteiger partial charge in [0.2, 0.25) is 5.91 Å². The predicted octanol–water partition coefficient (Wildman–Crippen LogP) is 4.51. The summed E-state index contributed by atoms with van der Waals surface area (Å²) in [6.45, 7) is 6.44. The fourth-order valence-electron chi connectivity index (χ4n) is 5.02. The van der Waals surface area contributed by atoms with Crippen molar-refractivity contribution in [3.8, 4) is 11.1 Å². The molecule has 35 heavy (non-hydrogen) atoms. The Bertz CT molecular complexity index is 1080. The van der Waals surface area contributed by atoms with Crippen LogP contribution in [0.3, 0.4) is 0 Å². The summed E-state index contributed by atoms with van der Waals surface area (Å²) in [6.07, 6.45) is 0.503. The fraction of sp³-hybridized carbons (Fsp3) is 0.464. The molecule has 0 aliphatic heterocycles. The number of carboxylic acid groups (broad SMARTS) is 1. The van der Waals surface area contributed by atoms with Crippen molar-refractivity contribution < 1.29 is 24.2 Å². The fourth-order valence-corrected chi connectivity index (χ4v) is 5.02. The molecular weight excluding hydrogens is 444 g/mol. The molecule has 2 aliphatic carbocycles. The van der Waals surface area contributed by atoms with Gasteiger partial charge < -0.3 is 20.1 Å². The van der Waals surface area contributed by atoms with Gasteiger partial charge in [-0.25, -0.2) is 9.59 Å². The number of fused-ring (bicyclic) bond motifs is 3. The van der Waals surface area contributed by atoms with Gasteiger partial charge in [0, 0.05) is 25.4 Å². The average molecular weight is 479 g/mol. The number of benzene rings is 2. The van der Waals surface area contributed by atoms with E-state index in [0.29, 0.717) is 19.4 Å². The van der Waals surface area contributed by atoms with Crippen LogP contribution in [0.4, 0.5) is 4.79 Å². The van der Waals surface area contributed by atoms with Gasteiger partial charge in [-0.15, -0.1) is 0 Å². The van der Waals surface area contributed by atoms with Crippen molar-refractivity contribution in [1.29, 1.82) is 0 Å². The number of nitrogens with one attached hydrogen (secondary N) is 1. The predicted molar refractivity (Wildman–Crippen MR) is 133 cm³/mol. The molecule has 2 aromatic carbocycles. The number of aliphatic carboxylic acids is 1. The van der Waals surface area contributed by atoms with Crippen LogP contribution in [0.15, 0.2) is 48.5 Å². The monoisotopic (exact) mass is 478 g/mol. The highest BCUT2D eigenvalue weighted by molar-refractivity contribution is 5.86. The van der Waals surface area contributed by atoms with E-state index in [4.69, 9.17) is 4.74 Å². The maximum Gasteiger partial charge on any atom is 0.407 e. The van der Waals surface area contributed by atoms with Crippen LogP contribution in [0.5, 0.6) is 0 Å². The molecule has 0 bridgehead atoms. The van der Waals surface area contributed by atoms with Crippen molar-refractivity contribution in [3.63, 3.8) is 0 Å². The molecule has 1 fully saturated rings. The number of carbonyl (C=O) groups excluding carboxylic acids is 2. The van der Waals surface area contributed by atoms with Gasteiger partial charge in [0.25, 0.3) is 0 Å². The number of hydrogen-bond acceptors (Lipinski definition) is 4. The van der Waals surface area contributed by atoms with Crippen molar-refractivity contribution in [3.05, 3.63) is 59.7 Å². The Morgan fingerprint density at radius 3 is 2.17 bits per heavy atom. The van der Waals surface area contributed by atoms with Crippen LogP contribution in [0.2, 0.25) is 0 Å². The molecule has 2 aliphatic rings. The molecule has 0 saturated heterocycles. The van der Waals surface area contributed by atoms with Crippen LogP contribution in [-0.2, 0) is 14.3 Å². The van der Waals surface area contributed by atoms with Crippen molar-refractivity contribution in [1.82, 2.24) is 10.2 Å². The third-order valence-electron chi connectivity index (χ3n) is 7.00. The minimum atomic E-state index is -0.996. The van der Waals surface area contributed by atoms with Crippen LogP contribution in [-0.4, -0.2) is 54.2 Å². The zero-order valence-corrected chi connectivity index (χ0v) is 20.8. The van der Waals surface area contributed by atoms with Gasteiger partial charge in [-0.2, -0.15) is 0 Å². The molecule has 3 atom stereocenters. The molecule has 0 radical (unpaired) electrons. The summed E-state index contributed by atoms with van der Waals surface area (Å²) < 4.78 is 5.56. The summed E-state index contributed by atoms with van der Waals surface area (Å²) in [5.41, 5.74) is 4.44. The Hall–Kier alpha value is -3.35. The van der Waals surface area contributed by atoms with E-state index in [1.54, 1.807) is 7.05 Å². The highest BCUT2D eigenvalue weighted by atomic mass is 16.5. The smallest absolute Gasteiger partial charge is 0.407 e. The molecule has 1 saturated carbocycles. The van der Waals surface area contributed by atoms with E-state index >= 15 is 0 Å². The van der Waals surface area contributed by atoms with E-state index in [0.717, 1.165) is 11.1 Å². The molecule has 2 aromatic rings. The summed E-state index contributed by atoms with van der Waals surface area (Å²) in [5.74, 6) is -1.45. The van der Waals surface area contributed by atoms with Gasteiger partial charge >= 0.3 is 12.1 Å². The zero-order valence-electron chi connectivity index (χ0n) is 20.8. The van der Waals surface area contributed by atoms with Gasteiger partial charge in [-0.1, -0.05) is 69.3 Å². The molecule has 7 heteroatoms. The van der Waals surface area contributed by atoms with Gasteiger partial charge in [-0.05, 0) is 46.4 Å². The van der Waals surface area contributed by atoms with Crippen molar-refractivity contribution in [2.24, 2.45) is 17.3 Å². The van der Waals surface area contributed by atoms with Crippen LogP contribution in [0.25, 0.3) is 11.1 Å². The normalized spacial score (nSPS) is 19.3. The van der Waals surface area contributed by atoms with E-state index in [1.807, 2.05) is 45.0 Å². The number of amides is 2. The molecule has 0 spiro atoms. The first-order valence-electron chi connectivity index (χ1n) is 12.1. The SMILES string of the molecule is CN(C(=O)C1CC1CNC(=O)OCC1c2ccccc2-c2ccccc21)C(CC(C)(C)C)C(=O)O. The molecular formula is C28H34N2O5. The van der Waals surface area contributed by atoms with Gasteiger partial charge in [-0.3, -0.25) is 4.79 Å². The molecule has 2 N–H and O–H groups in total. The Balaban J connectivity index is 1.27. The second kappa shape index (κ2) is 9.72. The van der Waals surface area contributed by atoms with Gasteiger partial charge in [0.05, 0.1) is 0 Å². The first-order valence-corrected chi connectivity index (χ1v) is 12.1.